The fourth-order valence-electron chi connectivity index (χ4n) is 3.01. The number of aliphatic hydroxyl groups excluding tert-OH is 1. The van der Waals surface area contributed by atoms with Gasteiger partial charge < -0.3 is 25.2 Å². The number of carbonyl (C=O) groups is 2. The summed E-state index contributed by atoms with van der Waals surface area (Å²) in [7, 11) is 3.38. The third-order valence-corrected chi connectivity index (χ3v) is 4.35. The molecule has 24 heavy (non-hydrogen) atoms. The van der Waals surface area contributed by atoms with Gasteiger partial charge in [0, 0.05) is 7.05 Å². The molecule has 1 amide bonds. The first-order chi connectivity index (χ1) is 11.4. The number of carboxylic acids is 1. The number of hydrogen-bond acceptors (Lipinski definition) is 5. The zero-order valence-electron chi connectivity index (χ0n) is 13.9. The molecule has 0 radical (unpaired) electrons. The van der Waals surface area contributed by atoms with Crippen molar-refractivity contribution in [1.82, 2.24) is 10.2 Å². The number of carboxylic acid groups (broad SMARTS) is 1. The van der Waals surface area contributed by atoms with Gasteiger partial charge >= 0.3 is 5.97 Å². The molecular formula is C17H24N2O5. The Bertz CT molecular complexity index is 592. The Morgan fingerprint density at radius 2 is 2.12 bits per heavy atom. The largest absolute Gasteiger partial charge is 0.488 e. The molecule has 1 saturated carbocycles. The molecule has 1 fully saturated rings. The fourth-order valence-corrected chi connectivity index (χ4v) is 3.01. The fraction of sp³-hybridized carbons (Fsp3) is 0.529. The van der Waals surface area contributed by atoms with Gasteiger partial charge in [0.05, 0.1) is 18.2 Å². The predicted molar refractivity (Wildman–Crippen MR) is 88.2 cm³/mol. The lowest BCUT2D eigenvalue weighted by atomic mass is 9.89. The van der Waals surface area contributed by atoms with Crippen LogP contribution in [0, 0.1) is 0 Å². The number of amides is 1. The van der Waals surface area contributed by atoms with Gasteiger partial charge in [0.1, 0.15) is 18.0 Å². The van der Waals surface area contributed by atoms with Crippen LogP contribution in [-0.4, -0.2) is 65.9 Å². The Kier molecular flexibility index (Phi) is 6.16. The Balaban J connectivity index is 2.07. The molecule has 3 N–H and O–H groups in total. The lowest BCUT2D eigenvalue weighted by molar-refractivity contribution is -0.137. The number of carbonyl (C=O) groups excluding carboxylic acids is 1. The molecule has 0 aliphatic heterocycles. The van der Waals surface area contributed by atoms with Crippen molar-refractivity contribution in [3.05, 3.63) is 29.8 Å². The Morgan fingerprint density at radius 3 is 2.79 bits per heavy atom. The van der Waals surface area contributed by atoms with E-state index in [1.54, 1.807) is 31.1 Å². The van der Waals surface area contributed by atoms with E-state index >= 15 is 0 Å². The van der Waals surface area contributed by atoms with Crippen molar-refractivity contribution in [2.24, 2.45) is 0 Å². The minimum absolute atomic E-state index is 0.0879. The topological polar surface area (TPSA) is 99.1 Å². The summed E-state index contributed by atoms with van der Waals surface area (Å²) in [5, 5.41) is 22.4. The SMILES string of the molecule is CNCC(=O)N(C)[C@@H]1CCC[C@H](Oc2cccc(C(=O)O)c2)[C@H]1O. The lowest BCUT2D eigenvalue weighted by Gasteiger charge is -2.39. The van der Waals surface area contributed by atoms with E-state index in [1.165, 1.54) is 12.1 Å². The molecule has 0 bridgehead atoms. The molecule has 0 spiro atoms. The summed E-state index contributed by atoms with van der Waals surface area (Å²) < 4.78 is 5.81. The minimum atomic E-state index is -1.03. The number of ether oxygens (including phenoxy) is 1. The number of aromatic carboxylic acids is 1. The summed E-state index contributed by atoms with van der Waals surface area (Å²) in [5.41, 5.74) is 0.135. The number of rotatable bonds is 6. The van der Waals surface area contributed by atoms with Crippen LogP contribution in [0.3, 0.4) is 0 Å². The van der Waals surface area contributed by atoms with Crippen LogP contribution >= 0.6 is 0 Å². The van der Waals surface area contributed by atoms with Crippen LogP contribution in [0.2, 0.25) is 0 Å². The summed E-state index contributed by atoms with van der Waals surface area (Å²) >= 11 is 0. The van der Waals surface area contributed by atoms with E-state index in [4.69, 9.17) is 9.84 Å². The number of hydrogen-bond donors (Lipinski definition) is 3. The first-order valence-corrected chi connectivity index (χ1v) is 8.02. The summed E-state index contributed by atoms with van der Waals surface area (Å²) in [6.07, 6.45) is 0.892. The molecule has 0 heterocycles. The highest BCUT2D eigenvalue weighted by atomic mass is 16.5. The third kappa shape index (κ3) is 4.24. The highest BCUT2D eigenvalue weighted by Crippen LogP contribution is 2.27. The van der Waals surface area contributed by atoms with E-state index in [2.05, 4.69) is 5.32 Å². The maximum Gasteiger partial charge on any atom is 0.335 e. The van der Waals surface area contributed by atoms with Gasteiger partial charge in [0.15, 0.2) is 0 Å². The monoisotopic (exact) mass is 336 g/mol. The van der Waals surface area contributed by atoms with Crippen molar-refractivity contribution in [1.29, 1.82) is 0 Å². The lowest BCUT2D eigenvalue weighted by Crippen LogP contribution is -2.54. The highest BCUT2D eigenvalue weighted by Gasteiger charge is 2.37. The molecule has 3 atom stereocenters. The minimum Gasteiger partial charge on any atom is -0.488 e. The molecule has 2 rings (SSSR count). The Labute approximate surface area is 141 Å². The number of nitrogens with one attached hydrogen (secondary N) is 1. The van der Waals surface area contributed by atoms with Crippen LogP contribution in [0.15, 0.2) is 24.3 Å². The van der Waals surface area contributed by atoms with Gasteiger partial charge in [0.2, 0.25) is 5.91 Å². The predicted octanol–water partition coefficient (Wildman–Crippen LogP) is 0.723. The zero-order valence-corrected chi connectivity index (χ0v) is 13.9. The van der Waals surface area contributed by atoms with Crippen LogP contribution in [0.4, 0.5) is 0 Å². The van der Waals surface area contributed by atoms with E-state index < -0.39 is 18.2 Å². The van der Waals surface area contributed by atoms with Gasteiger partial charge in [-0.2, -0.15) is 0 Å². The average Bonchev–Trinajstić information content (AvgIpc) is 2.56. The average molecular weight is 336 g/mol. The van der Waals surface area contributed by atoms with E-state index in [1.807, 2.05) is 0 Å². The molecule has 132 valence electrons. The van der Waals surface area contributed by atoms with E-state index in [-0.39, 0.29) is 24.1 Å². The van der Waals surface area contributed by atoms with Crippen LogP contribution in [0.25, 0.3) is 0 Å². The normalized spacial score (nSPS) is 23.5. The summed E-state index contributed by atoms with van der Waals surface area (Å²) in [4.78, 5) is 24.6. The molecule has 7 heteroatoms. The molecule has 1 aliphatic carbocycles. The smallest absolute Gasteiger partial charge is 0.335 e. The third-order valence-electron chi connectivity index (χ3n) is 4.35. The van der Waals surface area contributed by atoms with Gasteiger partial charge in [-0.25, -0.2) is 4.79 Å². The molecule has 1 aromatic carbocycles. The van der Waals surface area contributed by atoms with Crippen molar-refractivity contribution in [3.63, 3.8) is 0 Å². The maximum atomic E-state index is 12.0. The van der Waals surface area contributed by atoms with E-state index in [9.17, 15) is 14.7 Å². The van der Waals surface area contributed by atoms with Crippen molar-refractivity contribution in [3.8, 4) is 5.75 Å². The van der Waals surface area contributed by atoms with Crippen molar-refractivity contribution >= 4 is 11.9 Å². The zero-order chi connectivity index (χ0) is 17.7. The number of aliphatic hydroxyl groups is 1. The molecule has 1 aromatic rings. The second kappa shape index (κ2) is 8.12. The van der Waals surface area contributed by atoms with E-state index in [0.29, 0.717) is 18.6 Å². The Hall–Kier alpha value is -2.12. The summed E-state index contributed by atoms with van der Waals surface area (Å²) in [6, 6.07) is 5.88. The van der Waals surface area contributed by atoms with Crippen LogP contribution in [0.5, 0.6) is 5.75 Å². The number of likely N-dealkylation sites (N-methyl/N-ethyl adjacent to an activating group) is 2. The van der Waals surface area contributed by atoms with E-state index in [0.717, 1.165) is 6.42 Å². The molecule has 0 unspecified atom stereocenters. The number of nitrogens with zero attached hydrogens (tertiary/aromatic N) is 1. The Morgan fingerprint density at radius 1 is 1.38 bits per heavy atom. The molecule has 7 nitrogen and oxygen atoms in total. The van der Waals surface area contributed by atoms with Crippen LogP contribution < -0.4 is 10.1 Å². The van der Waals surface area contributed by atoms with Gasteiger partial charge in [-0.15, -0.1) is 0 Å². The maximum absolute atomic E-state index is 12.0. The van der Waals surface area contributed by atoms with Gasteiger partial charge in [0.25, 0.3) is 0 Å². The molecule has 0 aromatic heterocycles. The van der Waals surface area contributed by atoms with Crippen molar-refractivity contribution < 1.29 is 24.5 Å². The van der Waals surface area contributed by atoms with Crippen molar-refractivity contribution in [2.45, 2.75) is 37.5 Å². The second-order valence-corrected chi connectivity index (χ2v) is 6.01. The van der Waals surface area contributed by atoms with Gasteiger partial charge in [-0.3, -0.25) is 4.79 Å². The summed E-state index contributed by atoms with van der Waals surface area (Å²) in [5.74, 6) is -0.709. The van der Waals surface area contributed by atoms with Crippen LogP contribution in [0.1, 0.15) is 29.6 Å². The first kappa shape index (κ1) is 18.2. The second-order valence-electron chi connectivity index (χ2n) is 6.01. The quantitative estimate of drug-likeness (QED) is 0.708. The first-order valence-electron chi connectivity index (χ1n) is 8.02. The van der Waals surface area contributed by atoms with Crippen LogP contribution in [-0.2, 0) is 4.79 Å². The number of benzene rings is 1. The molecule has 1 aliphatic rings. The van der Waals surface area contributed by atoms with Gasteiger partial charge in [-0.05, 0) is 44.5 Å². The standard InChI is InChI=1S/C17H24N2O5/c1-18-10-15(20)19(2)13-7-4-8-14(16(13)21)24-12-6-3-5-11(9-12)17(22)23/h3,5-6,9,13-14,16,18,21H,4,7-8,10H2,1-2H3,(H,22,23)/t13-,14+,16+/m1/s1. The van der Waals surface area contributed by atoms with Crippen molar-refractivity contribution in [2.75, 3.05) is 20.6 Å². The molecule has 0 saturated heterocycles. The molecular weight excluding hydrogens is 312 g/mol. The van der Waals surface area contributed by atoms with Gasteiger partial charge in [-0.1, -0.05) is 6.07 Å². The highest BCUT2D eigenvalue weighted by molar-refractivity contribution is 5.88. The summed E-state index contributed by atoms with van der Waals surface area (Å²) in [6.45, 7) is 0.214.